The van der Waals surface area contributed by atoms with Gasteiger partial charge in [0.2, 0.25) is 5.95 Å². The van der Waals surface area contributed by atoms with Gasteiger partial charge in [0, 0.05) is 26.7 Å². The summed E-state index contributed by atoms with van der Waals surface area (Å²) in [7, 11) is 4.19. The first kappa shape index (κ1) is 21.8. The summed E-state index contributed by atoms with van der Waals surface area (Å²) < 4.78 is 9.74. The monoisotopic (exact) mass is 448 g/mol. The van der Waals surface area contributed by atoms with Gasteiger partial charge in [-0.05, 0) is 32.0 Å². The van der Waals surface area contributed by atoms with Gasteiger partial charge in [0.05, 0.1) is 30.8 Å². The van der Waals surface area contributed by atoms with E-state index in [0.717, 1.165) is 65.8 Å². The van der Waals surface area contributed by atoms with Gasteiger partial charge in [-0.1, -0.05) is 26.0 Å². The second-order valence-corrected chi connectivity index (χ2v) is 9.28. The van der Waals surface area contributed by atoms with Crippen LogP contribution in [0.5, 0.6) is 0 Å². The molecule has 5 rings (SSSR count). The number of para-hydroxylation sites is 2. The molecular weight excluding hydrogens is 416 g/mol. The van der Waals surface area contributed by atoms with Crippen LogP contribution in [0.2, 0.25) is 0 Å². The Labute approximate surface area is 194 Å². The minimum absolute atomic E-state index is 0.595. The lowest BCUT2D eigenvalue weighted by Gasteiger charge is -2.28. The van der Waals surface area contributed by atoms with Crippen molar-refractivity contribution in [1.82, 2.24) is 34.0 Å². The molecule has 33 heavy (non-hydrogen) atoms. The molecule has 0 saturated carbocycles. The van der Waals surface area contributed by atoms with Gasteiger partial charge in [-0.3, -0.25) is 9.47 Å². The standard InChI is InChI=1S/C24H32N8O/c1-16(2)14-29(4)15-20-26-21-22(30(20)5)27-24(28-23(21)31-10-12-33-13-11-31)32-17(3)25-18-8-6-7-9-19(18)32/h6-9,16H,10-15H2,1-5H3. The van der Waals surface area contributed by atoms with Crippen molar-refractivity contribution in [2.45, 2.75) is 27.3 Å². The van der Waals surface area contributed by atoms with Crippen molar-refractivity contribution in [3.05, 3.63) is 35.9 Å². The molecule has 4 aromatic rings. The minimum Gasteiger partial charge on any atom is -0.378 e. The highest BCUT2D eigenvalue weighted by atomic mass is 16.5. The number of rotatable bonds is 6. The first-order chi connectivity index (χ1) is 15.9. The molecule has 4 heterocycles. The summed E-state index contributed by atoms with van der Waals surface area (Å²) in [5.41, 5.74) is 3.62. The molecule has 174 valence electrons. The molecule has 3 aromatic heterocycles. The number of anilines is 1. The van der Waals surface area contributed by atoms with Gasteiger partial charge in [-0.15, -0.1) is 0 Å². The van der Waals surface area contributed by atoms with Gasteiger partial charge in [0.1, 0.15) is 11.6 Å². The average molecular weight is 449 g/mol. The molecule has 1 saturated heterocycles. The van der Waals surface area contributed by atoms with E-state index in [4.69, 9.17) is 24.7 Å². The highest BCUT2D eigenvalue weighted by Crippen LogP contribution is 2.28. The van der Waals surface area contributed by atoms with E-state index >= 15 is 0 Å². The number of benzene rings is 1. The molecule has 1 aromatic carbocycles. The summed E-state index contributed by atoms with van der Waals surface area (Å²) in [5, 5.41) is 0. The minimum atomic E-state index is 0.595. The molecule has 9 nitrogen and oxygen atoms in total. The lowest BCUT2D eigenvalue weighted by molar-refractivity contribution is 0.122. The van der Waals surface area contributed by atoms with E-state index in [1.54, 1.807) is 0 Å². The Morgan fingerprint density at radius 1 is 1.06 bits per heavy atom. The quantitative estimate of drug-likeness (QED) is 0.449. The number of aromatic nitrogens is 6. The Morgan fingerprint density at radius 2 is 1.82 bits per heavy atom. The highest BCUT2D eigenvalue weighted by molar-refractivity contribution is 5.86. The summed E-state index contributed by atoms with van der Waals surface area (Å²) in [6, 6.07) is 8.11. The number of fused-ring (bicyclic) bond motifs is 2. The Bertz CT molecular complexity index is 1280. The van der Waals surface area contributed by atoms with Gasteiger partial charge in [0.15, 0.2) is 17.0 Å². The van der Waals surface area contributed by atoms with E-state index in [0.29, 0.717) is 25.1 Å². The number of hydrogen-bond acceptors (Lipinski definition) is 7. The summed E-state index contributed by atoms with van der Waals surface area (Å²) in [6.07, 6.45) is 0. The Hall–Kier alpha value is -3.04. The first-order valence-corrected chi connectivity index (χ1v) is 11.6. The molecule has 9 heteroatoms. The number of morpholine rings is 1. The third-order valence-corrected chi connectivity index (χ3v) is 6.11. The van der Waals surface area contributed by atoms with E-state index in [2.05, 4.69) is 41.3 Å². The Kier molecular flexibility index (Phi) is 5.76. The highest BCUT2D eigenvalue weighted by Gasteiger charge is 2.24. The predicted molar refractivity (Wildman–Crippen MR) is 130 cm³/mol. The molecule has 0 N–H and O–H groups in total. The van der Waals surface area contributed by atoms with Gasteiger partial charge in [-0.2, -0.15) is 9.97 Å². The molecular formula is C24H32N8O. The second kappa shape index (κ2) is 8.72. The lowest BCUT2D eigenvalue weighted by atomic mass is 10.2. The summed E-state index contributed by atoms with van der Waals surface area (Å²) in [4.78, 5) is 24.4. The molecule has 0 spiro atoms. The SMILES string of the molecule is Cc1nc2ccccc2n1-c1nc(N2CCOCC2)c2nc(CN(C)CC(C)C)n(C)c2n1. The van der Waals surface area contributed by atoms with Crippen molar-refractivity contribution in [1.29, 1.82) is 0 Å². The number of aryl methyl sites for hydroxylation is 2. The fourth-order valence-electron chi connectivity index (χ4n) is 4.65. The molecule has 0 amide bonds. The molecule has 0 atom stereocenters. The van der Waals surface area contributed by atoms with Crippen molar-refractivity contribution in [3.8, 4) is 5.95 Å². The van der Waals surface area contributed by atoms with E-state index in [-0.39, 0.29) is 0 Å². The zero-order valence-corrected chi connectivity index (χ0v) is 20.1. The van der Waals surface area contributed by atoms with Gasteiger partial charge >= 0.3 is 0 Å². The molecule has 0 radical (unpaired) electrons. The molecule has 1 fully saturated rings. The van der Waals surface area contributed by atoms with Crippen molar-refractivity contribution in [2.75, 3.05) is 44.8 Å². The molecule has 0 unspecified atom stereocenters. The topological polar surface area (TPSA) is 77.1 Å². The van der Waals surface area contributed by atoms with Crippen LogP contribution < -0.4 is 4.90 Å². The fourth-order valence-corrected chi connectivity index (χ4v) is 4.65. The van der Waals surface area contributed by atoms with Crippen LogP contribution in [0, 0.1) is 12.8 Å². The smallest absolute Gasteiger partial charge is 0.239 e. The molecule has 1 aliphatic rings. The van der Waals surface area contributed by atoms with Gasteiger partial charge < -0.3 is 14.2 Å². The number of nitrogens with zero attached hydrogens (tertiary/aromatic N) is 8. The summed E-state index contributed by atoms with van der Waals surface area (Å²) >= 11 is 0. The van der Waals surface area contributed by atoms with Crippen molar-refractivity contribution in [2.24, 2.45) is 13.0 Å². The maximum absolute atomic E-state index is 5.60. The van der Waals surface area contributed by atoms with Crippen LogP contribution in [0.25, 0.3) is 28.1 Å². The van der Waals surface area contributed by atoms with Crippen LogP contribution in [0.1, 0.15) is 25.5 Å². The van der Waals surface area contributed by atoms with Gasteiger partial charge in [0.25, 0.3) is 0 Å². The third kappa shape index (κ3) is 4.06. The van der Waals surface area contributed by atoms with Crippen LogP contribution in [-0.4, -0.2) is 73.9 Å². The first-order valence-electron chi connectivity index (χ1n) is 11.6. The van der Waals surface area contributed by atoms with E-state index in [1.165, 1.54) is 0 Å². The van der Waals surface area contributed by atoms with E-state index in [9.17, 15) is 0 Å². The molecule has 0 bridgehead atoms. The number of hydrogen-bond donors (Lipinski definition) is 0. The molecule has 0 aliphatic carbocycles. The van der Waals surface area contributed by atoms with E-state index < -0.39 is 0 Å². The van der Waals surface area contributed by atoms with Crippen LogP contribution >= 0.6 is 0 Å². The van der Waals surface area contributed by atoms with Crippen LogP contribution in [0.4, 0.5) is 5.82 Å². The maximum Gasteiger partial charge on any atom is 0.239 e. The number of imidazole rings is 2. The van der Waals surface area contributed by atoms with Crippen LogP contribution in [0.3, 0.4) is 0 Å². The maximum atomic E-state index is 5.60. The van der Waals surface area contributed by atoms with Gasteiger partial charge in [-0.25, -0.2) is 9.97 Å². The lowest BCUT2D eigenvalue weighted by Crippen LogP contribution is -2.37. The van der Waals surface area contributed by atoms with Crippen molar-refractivity contribution in [3.63, 3.8) is 0 Å². The zero-order chi connectivity index (χ0) is 23.1. The molecule has 1 aliphatic heterocycles. The number of ether oxygens (including phenoxy) is 1. The summed E-state index contributed by atoms with van der Waals surface area (Å²) in [6.45, 7) is 11.2. The van der Waals surface area contributed by atoms with Crippen LogP contribution in [0.15, 0.2) is 24.3 Å². The van der Waals surface area contributed by atoms with Crippen molar-refractivity contribution >= 4 is 28.0 Å². The van der Waals surface area contributed by atoms with Crippen LogP contribution in [-0.2, 0) is 18.3 Å². The largest absolute Gasteiger partial charge is 0.378 e. The van der Waals surface area contributed by atoms with E-state index in [1.807, 2.05) is 36.7 Å². The average Bonchev–Trinajstić information content (AvgIpc) is 3.29. The normalized spacial score (nSPS) is 14.9. The fraction of sp³-hybridized carbons (Fsp3) is 0.500. The van der Waals surface area contributed by atoms with Crippen molar-refractivity contribution < 1.29 is 4.74 Å². The predicted octanol–water partition coefficient (Wildman–Crippen LogP) is 2.94. The summed E-state index contributed by atoms with van der Waals surface area (Å²) in [5.74, 6) is 3.94. The Morgan fingerprint density at radius 3 is 2.58 bits per heavy atom. The second-order valence-electron chi connectivity index (χ2n) is 9.28. The Balaban J connectivity index is 1.68. The zero-order valence-electron chi connectivity index (χ0n) is 20.1. The third-order valence-electron chi connectivity index (χ3n) is 6.11.